The second kappa shape index (κ2) is 13.4. The van der Waals surface area contributed by atoms with Gasteiger partial charge in [-0.05, 0) is 54.7 Å². The van der Waals surface area contributed by atoms with Crippen molar-refractivity contribution in [3.05, 3.63) is 64.5 Å². The van der Waals surface area contributed by atoms with E-state index in [1.54, 1.807) is 13.1 Å². The third kappa shape index (κ3) is 8.14. The Morgan fingerprint density at radius 1 is 1.12 bits per heavy atom. The van der Waals surface area contributed by atoms with Crippen molar-refractivity contribution in [2.45, 2.75) is 44.2 Å². The van der Waals surface area contributed by atoms with Gasteiger partial charge in [-0.1, -0.05) is 6.07 Å². The van der Waals surface area contributed by atoms with Crippen molar-refractivity contribution in [2.24, 2.45) is 12.8 Å². The lowest BCUT2D eigenvalue weighted by atomic mass is 9.89. The van der Waals surface area contributed by atoms with Gasteiger partial charge in [0.15, 0.2) is 0 Å². The minimum atomic E-state index is -5.35. The molecule has 3 heterocycles. The zero-order chi connectivity index (χ0) is 31.1. The number of primary amides is 1. The van der Waals surface area contributed by atoms with E-state index >= 15 is 0 Å². The smallest absolute Gasteiger partial charge is 0.495 e. The number of carbonyl (C=O) groups is 3. The first kappa shape index (κ1) is 31.1. The summed E-state index contributed by atoms with van der Waals surface area (Å²) in [5.41, 5.74) is 8.35. The molecule has 1 aliphatic rings. The lowest BCUT2D eigenvalue weighted by Gasteiger charge is -2.19. The number of carbonyl (C=O) groups excluding carboxylic acids is 3. The summed E-state index contributed by atoms with van der Waals surface area (Å²) in [4.78, 5) is 47.7. The van der Waals surface area contributed by atoms with Crippen LogP contribution < -0.4 is 20.5 Å². The SMILES string of the molecule is COc1ccc(C(N)=O)cc1C(CC(=O)OOC(=O)C(F)(F)F)Cc1cc(OCCc2ccc3c(n2)NCCC3)n(C)n1. The molecule has 0 saturated carbocycles. The number of hydrogen-bond donors (Lipinski definition) is 2. The molecule has 12 nitrogen and oxygen atoms in total. The number of nitrogens with two attached hydrogens (primary N) is 1. The van der Waals surface area contributed by atoms with E-state index in [2.05, 4.69) is 31.2 Å². The second-order valence-corrected chi connectivity index (χ2v) is 9.79. The largest absolute Gasteiger partial charge is 0.496 e. The first-order valence-corrected chi connectivity index (χ1v) is 13.3. The Bertz CT molecular complexity index is 1490. The molecule has 1 atom stereocenters. The highest BCUT2D eigenvalue weighted by Crippen LogP contribution is 2.34. The topological polar surface area (TPSA) is 157 Å². The molecule has 230 valence electrons. The number of rotatable bonds is 11. The van der Waals surface area contributed by atoms with Crippen LogP contribution in [0.4, 0.5) is 19.0 Å². The Labute approximate surface area is 244 Å². The molecular weight excluding hydrogens is 575 g/mol. The summed E-state index contributed by atoms with van der Waals surface area (Å²) >= 11 is 0. The molecule has 1 aliphatic heterocycles. The van der Waals surface area contributed by atoms with Crippen LogP contribution in [0.15, 0.2) is 36.4 Å². The van der Waals surface area contributed by atoms with Gasteiger partial charge in [0.05, 0.1) is 25.8 Å². The summed E-state index contributed by atoms with van der Waals surface area (Å²) in [6, 6.07) is 9.96. The lowest BCUT2D eigenvalue weighted by Crippen LogP contribution is -2.27. The van der Waals surface area contributed by atoms with E-state index < -0.39 is 36.4 Å². The molecule has 1 unspecified atom stereocenters. The fourth-order valence-corrected chi connectivity index (χ4v) is 4.63. The molecule has 1 amide bonds. The van der Waals surface area contributed by atoms with Gasteiger partial charge in [0.25, 0.3) is 0 Å². The maximum Gasteiger partial charge on any atom is 0.495 e. The summed E-state index contributed by atoms with van der Waals surface area (Å²) < 4.78 is 50.2. The number of benzene rings is 1. The Morgan fingerprint density at radius 2 is 1.91 bits per heavy atom. The molecule has 1 aromatic carbocycles. The molecule has 0 spiro atoms. The number of alkyl halides is 3. The number of amides is 1. The number of aromatic nitrogens is 3. The highest BCUT2D eigenvalue weighted by Gasteiger charge is 2.43. The highest BCUT2D eigenvalue weighted by atomic mass is 19.4. The molecule has 43 heavy (non-hydrogen) atoms. The van der Waals surface area contributed by atoms with E-state index in [1.165, 1.54) is 35.6 Å². The highest BCUT2D eigenvalue weighted by molar-refractivity contribution is 5.93. The third-order valence-corrected chi connectivity index (χ3v) is 6.71. The van der Waals surface area contributed by atoms with Crippen molar-refractivity contribution in [1.29, 1.82) is 0 Å². The number of fused-ring (bicyclic) bond motifs is 1. The van der Waals surface area contributed by atoms with Gasteiger partial charge in [-0.3, -0.25) is 4.79 Å². The molecule has 0 saturated heterocycles. The molecule has 0 aliphatic carbocycles. The summed E-state index contributed by atoms with van der Waals surface area (Å²) in [7, 11) is 3.03. The van der Waals surface area contributed by atoms with E-state index in [9.17, 15) is 27.6 Å². The number of anilines is 1. The number of nitrogens with zero attached hydrogens (tertiary/aromatic N) is 3. The number of ether oxygens (including phenoxy) is 2. The zero-order valence-electron chi connectivity index (χ0n) is 23.4. The first-order valence-electron chi connectivity index (χ1n) is 13.3. The average Bonchev–Trinajstić information content (AvgIpc) is 3.32. The Hall–Kier alpha value is -4.82. The van der Waals surface area contributed by atoms with Gasteiger partial charge in [0.1, 0.15) is 11.6 Å². The molecule has 2 aromatic heterocycles. The van der Waals surface area contributed by atoms with Gasteiger partial charge in [-0.25, -0.2) is 29.0 Å². The number of halogens is 3. The lowest BCUT2D eigenvalue weighted by molar-refractivity contribution is -0.286. The fraction of sp³-hybridized carbons (Fsp3) is 0.393. The summed E-state index contributed by atoms with van der Waals surface area (Å²) in [6.07, 6.45) is -3.28. The van der Waals surface area contributed by atoms with Crippen LogP contribution in [0.1, 0.15) is 51.6 Å². The zero-order valence-corrected chi connectivity index (χ0v) is 23.4. The van der Waals surface area contributed by atoms with Crippen LogP contribution in [0, 0.1) is 0 Å². The van der Waals surface area contributed by atoms with Crippen molar-refractivity contribution >= 4 is 23.7 Å². The predicted molar refractivity (Wildman–Crippen MR) is 144 cm³/mol. The predicted octanol–water partition coefficient (Wildman–Crippen LogP) is 3.18. The van der Waals surface area contributed by atoms with Crippen molar-refractivity contribution in [3.8, 4) is 11.6 Å². The molecule has 0 radical (unpaired) electrons. The maximum absolute atomic E-state index is 12.5. The van der Waals surface area contributed by atoms with Crippen LogP contribution in [-0.2, 0) is 45.7 Å². The van der Waals surface area contributed by atoms with Crippen molar-refractivity contribution in [2.75, 3.05) is 25.6 Å². The minimum absolute atomic E-state index is 0.0378. The molecule has 3 aromatic rings. The number of pyridine rings is 1. The van der Waals surface area contributed by atoms with Crippen LogP contribution >= 0.6 is 0 Å². The molecule has 0 fully saturated rings. The molecule has 3 N–H and O–H groups in total. The van der Waals surface area contributed by atoms with Gasteiger partial charge < -0.3 is 20.5 Å². The Balaban J connectivity index is 1.49. The Kier molecular flexibility index (Phi) is 9.73. The van der Waals surface area contributed by atoms with E-state index in [0.29, 0.717) is 30.2 Å². The van der Waals surface area contributed by atoms with Crippen LogP contribution in [-0.4, -0.2) is 59.0 Å². The number of nitrogens with one attached hydrogen (secondary N) is 1. The molecule has 15 heteroatoms. The van der Waals surface area contributed by atoms with Gasteiger partial charge >= 0.3 is 18.1 Å². The van der Waals surface area contributed by atoms with E-state index in [4.69, 9.17) is 15.2 Å². The molecule has 4 rings (SSSR count). The van der Waals surface area contributed by atoms with Gasteiger partial charge in [-0.2, -0.15) is 18.3 Å². The van der Waals surface area contributed by atoms with E-state index in [0.717, 1.165) is 30.9 Å². The van der Waals surface area contributed by atoms with Crippen molar-refractivity contribution < 1.29 is 46.8 Å². The maximum atomic E-state index is 12.5. The van der Waals surface area contributed by atoms with Crippen molar-refractivity contribution in [1.82, 2.24) is 14.8 Å². The van der Waals surface area contributed by atoms with E-state index in [-0.39, 0.29) is 17.7 Å². The summed E-state index contributed by atoms with van der Waals surface area (Å²) in [5.74, 6) is -3.96. The second-order valence-electron chi connectivity index (χ2n) is 9.79. The van der Waals surface area contributed by atoms with Gasteiger partial charge in [-0.15, -0.1) is 0 Å². The summed E-state index contributed by atoms with van der Waals surface area (Å²) in [5, 5.41) is 7.73. The third-order valence-electron chi connectivity index (χ3n) is 6.71. The quantitative estimate of drug-likeness (QED) is 0.246. The fourth-order valence-electron chi connectivity index (χ4n) is 4.63. The minimum Gasteiger partial charge on any atom is -0.496 e. The molecular formula is C28H30F3N5O7. The average molecular weight is 606 g/mol. The Morgan fingerprint density at radius 3 is 2.63 bits per heavy atom. The van der Waals surface area contributed by atoms with Crippen LogP contribution in [0.25, 0.3) is 0 Å². The number of methoxy groups -OCH3 is 1. The van der Waals surface area contributed by atoms with Gasteiger partial charge in [0, 0.05) is 43.3 Å². The number of hydrogen-bond acceptors (Lipinski definition) is 10. The van der Waals surface area contributed by atoms with E-state index in [1.807, 2.05) is 6.07 Å². The van der Waals surface area contributed by atoms with Crippen LogP contribution in [0.3, 0.4) is 0 Å². The number of aryl methyl sites for hydroxylation is 2. The normalized spacial score (nSPS) is 13.3. The van der Waals surface area contributed by atoms with Gasteiger partial charge in [0.2, 0.25) is 11.8 Å². The summed E-state index contributed by atoms with van der Waals surface area (Å²) in [6.45, 7) is 1.19. The van der Waals surface area contributed by atoms with Crippen LogP contribution in [0.5, 0.6) is 11.6 Å². The molecule has 0 bridgehead atoms. The first-order chi connectivity index (χ1) is 20.4. The van der Waals surface area contributed by atoms with Crippen molar-refractivity contribution in [3.63, 3.8) is 0 Å². The standard InChI is InChI=1S/C28H30F3N5O7/c1-36-23(41-11-9-19-7-5-16-4-3-10-33-26(16)34-19)15-20(35-36)12-18(14-24(37)42-43-27(39)28(29,30)31)21-13-17(25(32)38)6-8-22(21)40-2/h5-8,13,15,18H,3-4,9-12,14H2,1-2H3,(H2,32,38)(H,33,34). The monoisotopic (exact) mass is 605 g/mol. The van der Waals surface area contributed by atoms with Crippen LogP contribution in [0.2, 0.25) is 0 Å².